The lowest BCUT2D eigenvalue weighted by atomic mass is 10.2. The summed E-state index contributed by atoms with van der Waals surface area (Å²) in [6.45, 7) is 7.51. The van der Waals surface area contributed by atoms with Crippen molar-refractivity contribution in [2.45, 2.75) is 32.6 Å². The minimum Gasteiger partial charge on any atom is -0.318 e. The maximum absolute atomic E-state index is 13.4. The fourth-order valence-corrected chi connectivity index (χ4v) is 5.52. The van der Waals surface area contributed by atoms with Gasteiger partial charge in [-0.2, -0.15) is 5.10 Å². The summed E-state index contributed by atoms with van der Waals surface area (Å²) in [5.74, 6) is -0.553. The van der Waals surface area contributed by atoms with E-state index < -0.39 is 22.5 Å². The van der Waals surface area contributed by atoms with Crippen LogP contribution in [-0.4, -0.2) is 31.7 Å². The van der Waals surface area contributed by atoms with E-state index in [2.05, 4.69) is 39.4 Å². The molecule has 4 rings (SSSR count). The predicted molar refractivity (Wildman–Crippen MR) is 148 cm³/mol. The summed E-state index contributed by atoms with van der Waals surface area (Å²) in [5.41, 5.74) is 8.92. The Labute approximate surface area is 218 Å². The quantitative estimate of drug-likeness (QED) is 0.264. The van der Waals surface area contributed by atoms with Gasteiger partial charge < -0.3 is 4.57 Å². The third kappa shape index (κ3) is 5.81. The summed E-state index contributed by atoms with van der Waals surface area (Å²) >= 11 is 0. The summed E-state index contributed by atoms with van der Waals surface area (Å²) in [4.78, 5) is 12.9. The van der Waals surface area contributed by atoms with E-state index >= 15 is 0 Å². The first-order chi connectivity index (χ1) is 17.7. The number of benzene rings is 3. The number of aromatic nitrogens is 1. The maximum Gasteiger partial charge on any atom is 0.264 e. The van der Waals surface area contributed by atoms with Crippen molar-refractivity contribution in [2.75, 3.05) is 10.8 Å². The van der Waals surface area contributed by atoms with E-state index in [1.54, 1.807) is 60.8 Å². The highest BCUT2D eigenvalue weighted by Gasteiger charge is 2.27. The Bertz CT molecular complexity index is 1520. The largest absolute Gasteiger partial charge is 0.318 e. The molecular weight excluding hydrogens is 484 g/mol. The minimum absolute atomic E-state index is 0.113. The zero-order valence-corrected chi connectivity index (χ0v) is 22.2. The van der Waals surface area contributed by atoms with E-state index in [0.717, 1.165) is 32.5 Å². The molecule has 1 aromatic heterocycles. The van der Waals surface area contributed by atoms with Crippen LogP contribution >= 0.6 is 0 Å². The molecule has 0 saturated carbocycles. The first-order valence-corrected chi connectivity index (χ1v) is 13.3. The van der Waals surface area contributed by atoms with Crippen molar-refractivity contribution in [3.05, 3.63) is 113 Å². The number of aryl methyl sites for hydroxylation is 3. The Hall–Kier alpha value is -4.17. The van der Waals surface area contributed by atoms with Crippen LogP contribution < -0.4 is 9.73 Å². The summed E-state index contributed by atoms with van der Waals surface area (Å²) in [7, 11) is -3.97. The molecule has 8 heteroatoms. The lowest BCUT2D eigenvalue weighted by Crippen LogP contribution is -2.39. The lowest BCUT2D eigenvalue weighted by Gasteiger charge is -2.23. The molecule has 4 aromatic rings. The molecule has 7 nitrogen and oxygen atoms in total. The standard InChI is InChI=1S/C29H30N4O3S/c1-21-10-14-27(15-11-21)33-23(3)18-25(24(33)4)19-30-31-29(34)20-32(26-8-6-5-7-9-26)37(35,36)28-16-12-22(2)13-17-28/h5-19H,20H2,1-4H3,(H,31,34)/b30-19-. The molecule has 1 amide bonds. The summed E-state index contributed by atoms with van der Waals surface area (Å²) < 4.78 is 30.0. The maximum atomic E-state index is 13.4. The van der Waals surface area contributed by atoms with Crippen molar-refractivity contribution < 1.29 is 13.2 Å². The third-order valence-corrected chi connectivity index (χ3v) is 7.88. The van der Waals surface area contributed by atoms with E-state index in [1.807, 2.05) is 33.8 Å². The van der Waals surface area contributed by atoms with Gasteiger partial charge in [-0.25, -0.2) is 13.8 Å². The first kappa shape index (κ1) is 25.9. The molecule has 0 atom stereocenters. The molecule has 1 heterocycles. The minimum atomic E-state index is -3.97. The molecule has 0 radical (unpaired) electrons. The van der Waals surface area contributed by atoms with E-state index in [9.17, 15) is 13.2 Å². The number of carbonyl (C=O) groups excluding carboxylic acids is 1. The zero-order valence-electron chi connectivity index (χ0n) is 21.3. The Morgan fingerprint density at radius 1 is 0.892 bits per heavy atom. The Kier molecular flexibility index (Phi) is 7.59. The fourth-order valence-electron chi connectivity index (χ4n) is 4.10. The van der Waals surface area contributed by atoms with Crippen LogP contribution in [0.4, 0.5) is 5.69 Å². The third-order valence-electron chi connectivity index (χ3n) is 6.10. The van der Waals surface area contributed by atoms with Gasteiger partial charge in [0.2, 0.25) is 0 Å². The zero-order chi connectivity index (χ0) is 26.6. The van der Waals surface area contributed by atoms with Gasteiger partial charge in [-0.05, 0) is 70.2 Å². The van der Waals surface area contributed by atoms with Gasteiger partial charge in [-0.1, -0.05) is 53.6 Å². The second-order valence-corrected chi connectivity index (χ2v) is 10.8. The summed E-state index contributed by atoms with van der Waals surface area (Å²) in [5, 5.41) is 4.12. The monoisotopic (exact) mass is 514 g/mol. The normalized spacial score (nSPS) is 11.6. The van der Waals surface area contributed by atoms with Crippen LogP contribution in [0, 0.1) is 27.7 Å². The Balaban J connectivity index is 1.53. The second kappa shape index (κ2) is 10.8. The summed E-state index contributed by atoms with van der Waals surface area (Å²) in [6, 6.07) is 25.3. The number of rotatable bonds is 8. The van der Waals surface area contributed by atoms with Crippen molar-refractivity contribution in [3.8, 4) is 5.69 Å². The van der Waals surface area contributed by atoms with Gasteiger partial charge in [0.15, 0.2) is 0 Å². The number of nitrogens with one attached hydrogen (secondary N) is 1. The SMILES string of the molecule is Cc1ccc(-n2c(C)cc(/C=N\NC(=O)CN(c3ccccc3)S(=O)(=O)c3ccc(C)cc3)c2C)cc1. The molecule has 0 aliphatic carbocycles. The average molecular weight is 515 g/mol. The van der Waals surface area contributed by atoms with Gasteiger partial charge in [0.05, 0.1) is 16.8 Å². The van der Waals surface area contributed by atoms with Crippen LogP contribution in [-0.2, 0) is 14.8 Å². The number of hydrogen-bond donors (Lipinski definition) is 1. The topological polar surface area (TPSA) is 83.8 Å². The lowest BCUT2D eigenvalue weighted by molar-refractivity contribution is -0.119. The molecule has 0 aliphatic rings. The molecule has 0 saturated heterocycles. The van der Waals surface area contributed by atoms with Gasteiger partial charge in [0.25, 0.3) is 15.9 Å². The number of para-hydroxylation sites is 1. The number of anilines is 1. The highest BCUT2D eigenvalue weighted by atomic mass is 32.2. The van der Waals surface area contributed by atoms with Crippen molar-refractivity contribution in [2.24, 2.45) is 5.10 Å². The van der Waals surface area contributed by atoms with Crippen LogP contribution in [0.15, 0.2) is 94.9 Å². The van der Waals surface area contributed by atoms with Gasteiger partial charge in [0, 0.05) is 22.6 Å². The van der Waals surface area contributed by atoms with Crippen LogP contribution in [0.25, 0.3) is 5.69 Å². The van der Waals surface area contributed by atoms with Crippen LogP contribution in [0.5, 0.6) is 0 Å². The van der Waals surface area contributed by atoms with Crippen LogP contribution in [0.3, 0.4) is 0 Å². The Morgan fingerprint density at radius 2 is 1.49 bits per heavy atom. The Morgan fingerprint density at radius 3 is 2.11 bits per heavy atom. The van der Waals surface area contributed by atoms with Crippen molar-refractivity contribution in [1.82, 2.24) is 9.99 Å². The number of sulfonamides is 1. The number of hydrazone groups is 1. The highest BCUT2D eigenvalue weighted by molar-refractivity contribution is 7.92. The molecular formula is C29H30N4O3S. The summed E-state index contributed by atoms with van der Waals surface area (Å²) in [6.07, 6.45) is 1.58. The first-order valence-electron chi connectivity index (χ1n) is 11.9. The number of nitrogens with zero attached hydrogens (tertiary/aromatic N) is 3. The number of hydrogen-bond acceptors (Lipinski definition) is 4. The van der Waals surface area contributed by atoms with Gasteiger partial charge in [0.1, 0.15) is 6.54 Å². The van der Waals surface area contributed by atoms with Gasteiger partial charge in [-0.3, -0.25) is 9.10 Å². The van der Waals surface area contributed by atoms with Gasteiger partial charge >= 0.3 is 0 Å². The van der Waals surface area contributed by atoms with Crippen molar-refractivity contribution in [1.29, 1.82) is 0 Å². The van der Waals surface area contributed by atoms with Crippen LogP contribution in [0.1, 0.15) is 28.1 Å². The molecule has 0 spiro atoms. The molecule has 3 aromatic carbocycles. The molecule has 0 unspecified atom stereocenters. The molecule has 37 heavy (non-hydrogen) atoms. The molecule has 0 bridgehead atoms. The van der Waals surface area contributed by atoms with Crippen LogP contribution in [0.2, 0.25) is 0 Å². The van der Waals surface area contributed by atoms with E-state index in [-0.39, 0.29) is 4.90 Å². The second-order valence-electron chi connectivity index (χ2n) is 8.95. The van der Waals surface area contributed by atoms with E-state index in [1.165, 1.54) is 5.56 Å². The molecule has 0 fully saturated rings. The van der Waals surface area contributed by atoms with Gasteiger partial charge in [-0.15, -0.1) is 0 Å². The smallest absolute Gasteiger partial charge is 0.264 e. The number of carbonyl (C=O) groups is 1. The fraction of sp³-hybridized carbons (Fsp3) is 0.172. The van der Waals surface area contributed by atoms with Crippen molar-refractivity contribution in [3.63, 3.8) is 0 Å². The highest BCUT2D eigenvalue weighted by Crippen LogP contribution is 2.24. The molecule has 190 valence electrons. The number of amides is 1. The molecule has 0 aliphatic heterocycles. The van der Waals surface area contributed by atoms with Crippen molar-refractivity contribution >= 4 is 27.8 Å². The predicted octanol–water partition coefficient (Wildman–Crippen LogP) is 5.06. The average Bonchev–Trinajstić information content (AvgIpc) is 3.16. The van der Waals surface area contributed by atoms with E-state index in [0.29, 0.717) is 5.69 Å². The van der Waals surface area contributed by atoms with E-state index in [4.69, 9.17) is 0 Å². The molecule has 1 N–H and O–H groups in total.